The normalized spacial score (nSPS) is 16.7. The van der Waals surface area contributed by atoms with E-state index in [9.17, 15) is 4.79 Å². The molecule has 0 spiro atoms. The number of hydrogen-bond acceptors (Lipinski definition) is 4. The van der Waals surface area contributed by atoms with Gasteiger partial charge in [-0.05, 0) is 18.2 Å². The van der Waals surface area contributed by atoms with Gasteiger partial charge in [-0.1, -0.05) is 17.7 Å². The molecule has 27 heavy (non-hydrogen) atoms. The molecule has 136 valence electrons. The van der Waals surface area contributed by atoms with Crippen molar-refractivity contribution in [1.29, 1.82) is 0 Å². The van der Waals surface area contributed by atoms with Crippen LogP contribution in [0.4, 0.5) is 0 Å². The molecule has 1 aliphatic rings. The maximum absolute atomic E-state index is 13.3. The molecule has 0 saturated carbocycles. The Hall–Kier alpha value is -3.13. The molecule has 0 radical (unpaired) electrons. The molecule has 1 atom stereocenters. The van der Waals surface area contributed by atoms with Crippen LogP contribution in [0.15, 0.2) is 43.0 Å². The Kier molecular flexibility index (Phi) is 3.54. The number of aromatic amines is 1. The zero-order valence-electron chi connectivity index (χ0n) is 14.5. The lowest BCUT2D eigenvalue weighted by Crippen LogP contribution is -2.41. The predicted molar refractivity (Wildman–Crippen MR) is 98.6 cm³/mol. The number of nitrogens with zero attached hydrogens (tertiary/aromatic N) is 6. The van der Waals surface area contributed by atoms with Crippen LogP contribution in [0, 0.1) is 0 Å². The average molecular weight is 382 g/mol. The number of carbonyl (C=O) groups excluding carboxylic acids is 1. The minimum absolute atomic E-state index is 0.177. The molecule has 0 aliphatic carbocycles. The Morgan fingerprint density at radius 2 is 2.22 bits per heavy atom. The monoisotopic (exact) mass is 381 g/mol. The summed E-state index contributed by atoms with van der Waals surface area (Å²) in [6.45, 7) is 0.539. The second-order valence-corrected chi connectivity index (χ2v) is 6.92. The largest absolute Gasteiger partial charge is 0.348 e. The molecule has 0 bridgehead atoms. The van der Waals surface area contributed by atoms with Crippen molar-refractivity contribution >= 4 is 23.0 Å². The molecule has 1 amide bonds. The lowest BCUT2D eigenvalue weighted by atomic mass is 9.99. The molecule has 0 fully saturated rings. The highest BCUT2D eigenvalue weighted by atomic mass is 35.5. The second kappa shape index (κ2) is 5.95. The van der Waals surface area contributed by atoms with Gasteiger partial charge in [-0.25, -0.2) is 9.50 Å². The van der Waals surface area contributed by atoms with Crippen molar-refractivity contribution in [2.45, 2.75) is 12.5 Å². The third-order valence-corrected chi connectivity index (χ3v) is 5.15. The maximum Gasteiger partial charge on any atom is 0.259 e. The van der Waals surface area contributed by atoms with Crippen LogP contribution >= 0.6 is 11.6 Å². The highest BCUT2D eigenvalue weighted by Crippen LogP contribution is 2.34. The number of aryl methyl sites for hydroxylation is 1. The van der Waals surface area contributed by atoms with Crippen LogP contribution < -0.4 is 0 Å². The summed E-state index contributed by atoms with van der Waals surface area (Å²) in [5.74, 6) is -0.177. The SMILES string of the molecule is Cn1cc(C(=O)N2CCc3[nH]cnc3[C@H]2c2cc3ccccn3n2)c(Cl)n1. The number of rotatable bonds is 2. The first kappa shape index (κ1) is 16.1. The Balaban J connectivity index is 1.64. The number of aromatic nitrogens is 6. The standard InChI is InChI=1S/C18H16ClN7O/c1-24-9-12(17(19)23-24)18(27)25-7-5-13-15(21-10-20-13)16(25)14-8-11-4-2-3-6-26(11)22-14/h2-4,6,8-10,16H,5,7H2,1H3,(H,20,21)/t16-/m1/s1. The summed E-state index contributed by atoms with van der Waals surface area (Å²) in [4.78, 5) is 22.7. The maximum atomic E-state index is 13.3. The summed E-state index contributed by atoms with van der Waals surface area (Å²) in [5.41, 5.74) is 3.95. The summed E-state index contributed by atoms with van der Waals surface area (Å²) in [6.07, 6.45) is 5.89. The van der Waals surface area contributed by atoms with Crippen LogP contribution in [-0.2, 0) is 13.5 Å². The zero-order chi connectivity index (χ0) is 18.5. The van der Waals surface area contributed by atoms with Gasteiger partial charge < -0.3 is 9.88 Å². The summed E-state index contributed by atoms with van der Waals surface area (Å²) >= 11 is 6.18. The number of fused-ring (bicyclic) bond motifs is 2. The van der Waals surface area contributed by atoms with Crippen LogP contribution in [0.1, 0.15) is 33.5 Å². The van der Waals surface area contributed by atoms with Gasteiger partial charge in [0.25, 0.3) is 5.91 Å². The first-order valence-corrected chi connectivity index (χ1v) is 8.96. The summed E-state index contributed by atoms with van der Waals surface area (Å²) < 4.78 is 3.34. The molecule has 0 aromatic carbocycles. The molecule has 1 aliphatic heterocycles. The molecule has 0 saturated heterocycles. The van der Waals surface area contributed by atoms with E-state index in [1.165, 1.54) is 0 Å². The van der Waals surface area contributed by atoms with E-state index in [0.717, 1.165) is 22.6 Å². The van der Waals surface area contributed by atoms with E-state index in [-0.39, 0.29) is 17.1 Å². The molecule has 5 heterocycles. The number of hydrogen-bond donors (Lipinski definition) is 1. The van der Waals surface area contributed by atoms with Crippen LogP contribution in [0.25, 0.3) is 5.52 Å². The van der Waals surface area contributed by atoms with Crippen molar-refractivity contribution in [3.05, 3.63) is 70.8 Å². The van der Waals surface area contributed by atoms with Gasteiger partial charge in [0.2, 0.25) is 0 Å². The van der Waals surface area contributed by atoms with Gasteiger partial charge in [-0.15, -0.1) is 0 Å². The number of imidazole rings is 1. The van der Waals surface area contributed by atoms with Gasteiger partial charge >= 0.3 is 0 Å². The molecule has 0 unspecified atom stereocenters. The number of carbonyl (C=O) groups is 1. The lowest BCUT2D eigenvalue weighted by molar-refractivity contribution is 0.0687. The van der Waals surface area contributed by atoms with E-state index < -0.39 is 0 Å². The van der Waals surface area contributed by atoms with Gasteiger partial charge in [0.1, 0.15) is 6.04 Å². The molecule has 4 aromatic heterocycles. The third-order valence-electron chi connectivity index (χ3n) is 4.87. The van der Waals surface area contributed by atoms with E-state index >= 15 is 0 Å². The zero-order valence-corrected chi connectivity index (χ0v) is 15.3. The number of nitrogens with one attached hydrogen (secondary N) is 1. The van der Waals surface area contributed by atoms with Gasteiger partial charge in [-0.3, -0.25) is 9.48 Å². The fourth-order valence-electron chi connectivity index (χ4n) is 3.65. The van der Waals surface area contributed by atoms with E-state index in [2.05, 4.69) is 20.2 Å². The van der Waals surface area contributed by atoms with Crippen molar-refractivity contribution < 1.29 is 4.79 Å². The summed E-state index contributed by atoms with van der Waals surface area (Å²) in [7, 11) is 1.74. The number of halogens is 1. The van der Waals surface area contributed by atoms with E-state index in [1.54, 1.807) is 33.7 Å². The smallest absolute Gasteiger partial charge is 0.259 e. The van der Waals surface area contributed by atoms with Gasteiger partial charge in [-0.2, -0.15) is 10.2 Å². The van der Waals surface area contributed by atoms with Crippen molar-refractivity contribution in [2.75, 3.05) is 6.54 Å². The Morgan fingerprint density at radius 1 is 1.33 bits per heavy atom. The molecule has 5 rings (SSSR count). The van der Waals surface area contributed by atoms with Gasteiger partial charge in [0, 0.05) is 38.1 Å². The van der Waals surface area contributed by atoms with Crippen molar-refractivity contribution in [3.63, 3.8) is 0 Å². The molecular formula is C18H16ClN7O. The minimum Gasteiger partial charge on any atom is -0.348 e. The van der Waals surface area contributed by atoms with Crippen LogP contribution in [-0.4, -0.2) is 46.7 Å². The highest BCUT2D eigenvalue weighted by Gasteiger charge is 2.37. The molecule has 4 aromatic rings. The van der Waals surface area contributed by atoms with Crippen molar-refractivity contribution in [2.24, 2.45) is 7.05 Å². The van der Waals surface area contributed by atoms with Crippen molar-refractivity contribution in [1.82, 2.24) is 34.3 Å². The molecule has 8 nitrogen and oxygen atoms in total. The van der Waals surface area contributed by atoms with Gasteiger partial charge in [0.15, 0.2) is 5.15 Å². The Bertz CT molecular complexity index is 1120. The van der Waals surface area contributed by atoms with Gasteiger partial charge in [0.05, 0.1) is 28.8 Å². The number of amides is 1. The third kappa shape index (κ3) is 2.52. The Labute approximate surface area is 159 Å². The van der Waals surface area contributed by atoms with Crippen LogP contribution in [0.3, 0.4) is 0 Å². The Morgan fingerprint density at radius 3 is 3.00 bits per heavy atom. The fourth-order valence-corrected chi connectivity index (χ4v) is 3.89. The number of pyridine rings is 1. The first-order chi connectivity index (χ1) is 13.1. The average Bonchev–Trinajstić information content (AvgIpc) is 3.37. The second-order valence-electron chi connectivity index (χ2n) is 6.56. The number of H-pyrrole nitrogens is 1. The minimum atomic E-state index is -0.385. The summed E-state index contributed by atoms with van der Waals surface area (Å²) in [5, 5.41) is 8.97. The van der Waals surface area contributed by atoms with Crippen LogP contribution in [0.5, 0.6) is 0 Å². The quantitative estimate of drug-likeness (QED) is 0.577. The summed E-state index contributed by atoms with van der Waals surface area (Å²) in [6, 6.07) is 7.46. The van der Waals surface area contributed by atoms with Crippen molar-refractivity contribution in [3.8, 4) is 0 Å². The first-order valence-electron chi connectivity index (χ1n) is 8.58. The molecular weight excluding hydrogens is 366 g/mol. The topological polar surface area (TPSA) is 84.1 Å². The highest BCUT2D eigenvalue weighted by molar-refractivity contribution is 6.32. The van der Waals surface area contributed by atoms with Crippen LogP contribution in [0.2, 0.25) is 5.15 Å². The predicted octanol–water partition coefficient (Wildman–Crippen LogP) is 2.23. The fraction of sp³-hybridized carbons (Fsp3) is 0.222. The lowest BCUT2D eigenvalue weighted by Gasteiger charge is -2.33. The molecule has 1 N–H and O–H groups in total. The van der Waals surface area contributed by atoms with E-state index in [1.807, 2.05) is 30.5 Å². The molecule has 9 heteroatoms. The van der Waals surface area contributed by atoms with E-state index in [4.69, 9.17) is 11.6 Å². The van der Waals surface area contributed by atoms with E-state index in [0.29, 0.717) is 18.5 Å².